The van der Waals surface area contributed by atoms with Crippen molar-refractivity contribution in [2.45, 2.75) is 194 Å². The second-order valence-electron chi connectivity index (χ2n) is 21.2. The SMILES string of the molecule is CC[C@H](C)[C@H](NC(=O)[C@H](Cc1cnc[nH]1)NC(=O)[C@H](CC(C)C)NC(=O)[C@H](CCCCN)NC(=O)[C@@H]1CCCN1C(=O)[C@H](CC(C)C)NC(=O)[C@H](CC(C)C)NC(=O)[C@@H](N)CC(N)=O)C(=O)N[C@H](C(=O)O)C(C)C. The summed E-state index contributed by atoms with van der Waals surface area (Å²) in [5.74, 6) is -8.75. The Kier molecular flexibility index (Phi) is 27.3. The molecule has 1 fully saturated rings. The Hall–Kier alpha value is -6.17. The minimum absolute atomic E-state index is 0.0776. The van der Waals surface area contributed by atoms with E-state index in [0.29, 0.717) is 37.9 Å². The number of carbonyl (C=O) groups is 10. The van der Waals surface area contributed by atoms with Crippen LogP contribution in [0.3, 0.4) is 0 Å². The minimum Gasteiger partial charge on any atom is -0.480 e. The number of hydrogen-bond acceptors (Lipinski definition) is 13. The maximum absolute atomic E-state index is 14.4. The lowest BCUT2D eigenvalue weighted by Gasteiger charge is -2.32. The van der Waals surface area contributed by atoms with Gasteiger partial charge in [-0.25, -0.2) is 9.78 Å². The summed E-state index contributed by atoms with van der Waals surface area (Å²) in [4.78, 5) is 143. The van der Waals surface area contributed by atoms with Gasteiger partial charge in [0.25, 0.3) is 0 Å². The molecule has 418 valence electrons. The Balaban J connectivity index is 2.41. The van der Waals surface area contributed by atoms with Crippen LogP contribution >= 0.6 is 0 Å². The highest BCUT2D eigenvalue weighted by Gasteiger charge is 2.41. The van der Waals surface area contributed by atoms with Crippen LogP contribution in [0.15, 0.2) is 12.5 Å². The van der Waals surface area contributed by atoms with E-state index in [9.17, 15) is 53.1 Å². The molecule has 0 aromatic carbocycles. The lowest BCUT2D eigenvalue weighted by Crippen LogP contribution is -2.61. The summed E-state index contributed by atoms with van der Waals surface area (Å²) in [5.41, 5.74) is 17.3. The number of primary amides is 1. The molecule has 1 saturated heterocycles. The van der Waals surface area contributed by atoms with Crippen molar-refractivity contribution >= 4 is 59.1 Å². The van der Waals surface area contributed by atoms with Crippen molar-refractivity contribution in [1.29, 1.82) is 0 Å². The van der Waals surface area contributed by atoms with Crippen LogP contribution in [0.4, 0.5) is 0 Å². The number of nitrogens with one attached hydrogen (secondary N) is 8. The van der Waals surface area contributed by atoms with Crippen molar-refractivity contribution in [3.63, 3.8) is 0 Å². The standard InChI is InChI=1S/C50H87N13O11/c1-11-30(10)41(48(71)61-40(29(8)9)50(73)74)62-46(69)36(22-31-24-54-25-55-31)59-44(67)35(20-27(4)5)58-43(66)33(15-12-13-17-51)56-47(70)38-16-14-18-63(38)49(72)37(21-28(6)7)60-45(68)34(19-26(2)3)57-42(65)32(52)23-39(53)64/h24-30,32-38,40-41H,11-23,51-52H2,1-10H3,(H2,53,64)(H,54,55)(H,56,70)(H,57,65)(H,58,66)(H,59,67)(H,60,68)(H,61,71)(H,62,69)(H,73,74)/t30-,32-,33-,34-,35-,36-,37-,38-,40-,41-/m0/s1. The van der Waals surface area contributed by atoms with Crippen molar-refractivity contribution in [3.8, 4) is 0 Å². The van der Waals surface area contributed by atoms with Gasteiger partial charge < -0.3 is 69.4 Å². The van der Waals surface area contributed by atoms with Gasteiger partial charge in [-0.2, -0.15) is 0 Å². The van der Waals surface area contributed by atoms with Gasteiger partial charge in [0.15, 0.2) is 0 Å². The molecule has 0 bridgehead atoms. The van der Waals surface area contributed by atoms with E-state index in [4.69, 9.17) is 17.2 Å². The first-order chi connectivity index (χ1) is 34.7. The van der Waals surface area contributed by atoms with Crippen molar-refractivity contribution in [3.05, 3.63) is 18.2 Å². The summed E-state index contributed by atoms with van der Waals surface area (Å²) >= 11 is 0. The molecule has 1 aliphatic heterocycles. The van der Waals surface area contributed by atoms with Gasteiger partial charge in [0.1, 0.15) is 48.3 Å². The number of unbranched alkanes of at least 4 members (excludes halogenated alkanes) is 1. The van der Waals surface area contributed by atoms with E-state index in [1.807, 2.05) is 48.5 Å². The Morgan fingerprint density at radius 3 is 1.70 bits per heavy atom. The van der Waals surface area contributed by atoms with E-state index in [1.54, 1.807) is 20.8 Å². The number of nitrogens with zero attached hydrogens (tertiary/aromatic N) is 2. The molecule has 24 heteroatoms. The molecule has 0 spiro atoms. The van der Waals surface area contributed by atoms with Gasteiger partial charge in [0, 0.05) is 24.9 Å². The topological polar surface area (TPSA) is 385 Å². The smallest absolute Gasteiger partial charge is 0.326 e. The normalized spacial score (nSPS) is 17.2. The fourth-order valence-electron chi connectivity index (χ4n) is 8.57. The number of aromatic amines is 1. The molecule has 1 aliphatic rings. The second kappa shape index (κ2) is 31.5. The first-order valence-corrected chi connectivity index (χ1v) is 26.1. The van der Waals surface area contributed by atoms with Gasteiger partial charge in [-0.05, 0) is 87.5 Å². The van der Waals surface area contributed by atoms with E-state index in [1.165, 1.54) is 17.4 Å². The second-order valence-corrected chi connectivity index (χ2v) is 21.2. The van der Waals surface area contributed by atoms with Gasteiger partial charge in [0.05, 0.1) is 18.8 Å². The lowest BCUT2D eigenvalue weighted by molar-refractivity contribution is -0.144. The molecule has 0 radical (unpaired) electrons. The van der Waals surface area contributed by atoms with Gasteiger partial charge in [0.2, 0.25) is 53.2 Å². The number of amides is 9. The molecule has 10 atom stereocenters. The quantitative estimate of drug-likeness (QED) is 0.0399. The fourth-order valence-corrected chi connectivity index (χ4v) is 8.57. The number of imidazole rings is 1. The van der Waals surface area contributed by atoms with Crippen LogP contribution in [-0.2, 0) is 54.4 Å². The van der Waals surface area contributed by atoms with Crippen molar-refractivity contribution in [2.24, 2.45) is 46.8 Å². The Morgan fingerprint density at radius 1 is 0.689 bits per heavy atom. The van der Waals surface area contributed by atoms with Crippen LogP contribution in [0.5, 0.6) is 0 Å². The monoisotopic (exact) mass is 1050 g/mol. The molecule has 2 heterocycles. The van der Waals surface area contributed by atoms with Crippen molar-refractivity contribution in [1.82, 2.24) is 52.1 Å². The molecule has 1 aromatic heterocycles. The van der Waals surface area contributed by atoms with Crippen LogP contribution in [-0.4, -0.2) is 147 Å². The molecule has 24 nitrogen and oxygen atoms in total. The third-order valence-corrected chi connectivity index (χ3v) is 12.8. The Morgan fingerprint density at radius 2 is 1.20 bits per heavy atom. The fraction of sp³-hybridized carbons (Fsp3) is 0.740. The molecular weight excluding hydrogens is 959 g/mol. The highest BCUT2D eigenvalue weighted by atomic mass is 16.4. The number of rotatable bonds is 33. The van der Waals surface area contributed by atoms with Crippen LogP contribution < -0.4 is 54.4 Å². The van der Waals surface area contributed by atoms with Gasteiger partial charge in [-0.1, -0.05) is 75.7 Å². The average Bonchev–Trinajstić information content (AvgIpc) is 4.03. The number of hydrogen-bond donors (Lipinski definition) is 12. The highest BCUT2D eigenvalue weighted by Crippen LogP contribution is 2.22. The number of carbonyl (C=O) groups excluding carboxylic acids is 9. The van der Waals surface area contributed by atoms with E-state index in [2.05, 4.69) is 47.2 Å². The molecular formula is C50H87N13O11. The molecule has 0 aliphatic carbocycles. The summed E-state index contributed by atoms with van der Waals surface area (Å²) in [7, 11) is 0. The van der Waals surface area contributed by atoms with Gasteiger partial charge >= 0.3 is 5.97 Å². The van der Waals surface area contributed by atoms with Crippen molar-refractivity contribution < 1.29 is 53.1 Å². The molecule has 0 unspecified atom stereocenters. The Labute approximate surface area is 435 Å². The number of aromatic nitrogens is 2. The summed E-state index contributed by atoms with van der Waals surface area (Å²) < 4.78 is 0. The predicted octanol–water partition coefficient (Wildman–Crippen LogP) is -0.407. The van der Waals surface area contributed by atoms with E-state index < -0.39 is 132 Å². The molecule has 2 rings (SSSR count). The minimum atomic E-state index is -1.31. The Bertz CT molecular complexity index is 2030. The molecule has 0 saturated carbocycles. The van der Waals surface area contributed by atoms with Gasteiger partial charge in [-0.3, -0.25) is 43.2 Å². The van der Waals surface area contributed by atoms with Crippen LogP contribution in [0.25, 0.3) is 0 Å². The zero-order valence-electron chi connectivity index (χ0n) is 45.1. The third kappa shape index (κ3) is 21.4. The highest BCUT2D eigenvalue weighted by molar-refractivity contribution is 5.98. The molecule has 1 aromatic rings. The zero-order chi connectivity index (χ0) is 56.0. The number of likely N-dealkylation sites (tertiary alicyclic amines) is 1. The largest absolute Gasteiger partial charge is 0.480 e. The maximum Gasteiger partial charge on any atom is 0.326 e. The van der Waals surface area contributed by atoms with E-state index in [-0.39, 0.29) is 62.8 Å². The van der Waals surface area contributed by atoms with Crippen LogP contribution in [0, 0.1) is 29.6 Å². The van der Waals surface area contributed by atoms with E-state index in [0.717, 1.165) is 0 Å². The summed E-state index contributed by atoms with van der Waals surface area (Å²) in [6, 6.07) is -10.7. The first-order valence-electron chi connectivity index (χ1n) is 26.1. The van der Waals surface area contributed by atoms with Crippen molar-refractivity contribution in [2.75, 3.05) is 13.1 Å². The average molecular weight is 1050 g/mol. The molecule has 15 N–H and O–H groups in total. The number of carboxylic acid groups (broad SMARTS) is 1. The van der Waals surface area contributed by atoms with E-state index >= 15 is 0 Å². The maximum atomic E-state index is 14.4. The zero-order valence-corrected chi connectivity index (χ0v) is 45.1. The molecule has 74 heavy (non-hydrogen) atoms. The van der Waals surface area contributed by atoms with Crippen LogP contribution in [0.2, 0.25) is 0 Å². The molecule has 9 amide bonds. The number of H-pyrrole nitrogens is 1. The van der Waals surface area contributed by atoms with Gasteiger partial charge in [-0.15, -0.1) is 0 Å². The predicted molar refractivity (Wildman–Crippen MR) is 276 cm³/mol. The summed E-state index contributed by atoms with van der Waals surface area (Å²) in [6.07, 6.45) is 4.96. The summed E-state index contributed by atoms with van der Waals surface area (Å²) in [6.45, 7) is 18.4. The number of nitrogens with two attached hydrogens (primary N) is 3. The first kappa shape index (κ1) is 63.9. The lowest BCUT2D eigenvalue weighted by atomic mass is 9.96. The summed E-state index contributed by atoms with van der Waals surface area (Å²) in [5, 5.41) is 28.8. The van der Waals surface area contributed by atoms with Crippen LogP contribution in [0.1, 0.15) is 139 Å². The number of aliphatic carboxylic acids is 1. The third-order valence-electron chi connectivity index (χ3n) is 12.8. The number of carboxylic acids is 1.